The number of hydrogen-bond donors (Lipinski definition) is 2. The van der Waals surface area contributed by atoms with E-state index in [-0.39, 0.29) is 11.7 Å². The molecule has 1 atom stereocenters. The van der Waals surface area contributed by atoms with Crippen LogP contribution in [0.2, 0.25) is 0 Å². The summed E-state index contributed by atoms with van der Waals surface area (Å²) in [5.41, 5.74) is 0.353. The molecule has 20 heavy (non-hydrogen) atoms. The summed E-state index contributed by atoms with van der Waals surface area (Å²) in [5.74, 6) is 1.13. The second-order valence-electron chi connectivity index (χ2n) is 5.74. The van der Waals surface area contributed by atoms with Gasteiger partial charge in [-0.3, -0.25) is 4.79 Å². The van der Waals surface area contributed by atoms with E-state index in [0.717, 1.165) is 16.7 Å². The van der Waals surface area contributed by atoms with Crippen LogP contribution in [0.4, 0.5) is 0 Å². The lowest BCUT2D eigenvalue weighted by molar-refractivity contribution is 0.0944. The van der Waals surface area contributed by atoms with Crippen LogP contribution in [0.1, 0.15) is 30.1 Å². The number of phenols is 1. The molecule has 1 aliphatic rings. The van der Waals surface area contributed by atoms with Gasteiger partial charge in [-0.2, -0.15) is 0 Å². The van der Waals surface area contributed by atoms with E-state index >= 15 is 0 Å². The third-order valence-electron chi connectivity index (χ3n) is 4.12. The van der Waals surface area contributed by atoms with Gasteiger partial charge in [0.15, 0.2) is 0 Å². The molecule has 1 fully saturated rings. The van der Waals surface area contributed by atoms with Crippen molar-refractivity contribution in [3.8, 4) is 5.75 Å². The van der Waals surface area contributed by atoms with Crippen molar-refractivity contribution < 1.29 is 9.90 Å². The van der Waals surface area contributed by atoms with Crippen LogP contribution < -0.4 is 5.32 Å². The van der Waals surface area contributed by atoms with Crippen LogP contribution in [-0.4, -0.2) is 17.6 Å². The van der Waals surface area contributed by atoms with Crippen LogP contribution in [0.25, 0.3) is 10.8 Å². The smallest absolute Gasteiger partial charge is 0.255 e. The average molecular weight is 269 g/mol. The summed E-state index contributed by atoms with van der Waals surface area (Å²) < 4.78 is 0. The van der Waals surface area contributed by atoms with E-state index in [1.54, 1.807) is 12.1 Å². The molecule has 104 valence electrons. The number of rotatable bonds is 4. The molecule has 0 aromatic heterocycles. The average Bonchev–Trinajstić information content (AvgIpc) is 3.28. The van der Waals surface area contributed by atoms with Crippen molar-refractivity contribution >= 4 is 16.7 Å². The zero-order valence-corrected chi connectivity index (χ0v) is 11.6. The molecular formula is C17H19NO2. The Morgan fingerprint density at radius 2 is 1.95 bits per heavy atom. The first kappa shape index (κ1) is 13.0. The molecular weight excluding hydrogens is 250 g/mol. The summed E-state index contributed by atoms with van der Waals surface area (Å²) in [6, 6.07) is 11.1. The van der Waals surface area contributed by atoms with Gasteiger partial charge < -0.3 is 10.4 Å². The number of fused-ring (bicyclic) bond motifs is 1. The zero-order chi connectivity index (χ0) is 14.1. The van der Waals surface area contributed by atoms with Crippen LogP contribution in [0.3, 0.4) is 0 Å². The highest BCUT2D eigenvalue weighted by atomic mass is 16.3. The quantitative estimate of drug-likeness (QED) is 0.894. The molecule has 2 N–H and O–H groups in total. The highest BCUT2D eigenvalue weighted by Gasteiger charge is 2.28. The van der Waals surface area contributed by atoms with E-state index in [1.807, 2.05) is 24.3 Å². The van der Waals surface area contributed by atoms with Gasteiger partial charge in [0.25, 0.3) is 5.91 Å². The number of amides is 1. The molecule has 0 saturated heterocycles. The highest BCUT2D eigenvalue weighted by molar-refractivity contribution is 6.01. The van der Waals surface area contributed by atoms with E-state index in [0.29, 0.717) is 18.0 Å². The number of nitrogens with one attached hydrogen (secondary N) is 1. The fraction of sp³-hybridized carbons (Fsp3) is 0.353. The molecule has 0 spiro atoms. The summed E-state index contributed by atoms with van der Waals surface area (Å²) in [6.07, 6.45) is 2.55. The number of carbonyl (C=O) groups excluding carboxylic acids is 1. The van der Waals surface area contributed by atoms with Crippen molar-refractivity contribution in [2.24, 2.45) is 11.8 Å². The van der Waals surface area contributed by atoms with E-state index < -0.39 is 0 Å². The maximum Gasteiger partial charge on any atom is 0.255 e. The SMILES string of the molecule is CC(CNC(=O)c1cc2ccccc2cc1O)C1CC1. The topological polar surface area (TPSA) is 49.3 Å². The lowest BCUT2D eigenvalue weighted by Gasteiger charge is -2.12. The fourth-order valence-corrected chi connectivity index (χ4v) is 2.59. The van der Waals surface area contributed by atoms with Gasteiger partial charge in [-0.05, 0) is 47.6 Å². The molecule has 0 radical (unpaired) electrons. The second-order valence-corrected chi connectivity index (χ2v) is 5.74. The van der Waals surface area contributed by atoms with E-state index in [9.17, 15) is 9.90 Å². The molecule has 1 aliphatic carbocycles. The van der Waals surface area contributed by atoms with Crippen LogP contribution in [0, 0.1) is 11.8 Å². The number of carbonyl (C=O) groups is 1. The molecule has 2 aromatic carbocycles. The summed E-state index contributed by atoms with van der Waals surface area (Å²) >= 11 is 0. The van der Waals surface area contributed by atoms with E-state index in [1.165, 1.54) is 12.8 Å². The van der Waals surface area contributed by atoms with Crippen molar-refractivity contribution in [1.82, 2.24) is 5.32 Å². The Morgan fingerprint density at radius 1 is 1.30 bits per heavy atom. The van der Waals surface area contributed by atoms with Crippen LogP contribution in [0.15, 0.2) is 36.4 Å². The molecule has 1 unspecified atom stereocenters. The van der Waals surface area contributed by atoms with Crippen molar-refractivity contribution in [3.63, 3.8) is 0 Å². The number of hydrogen-bond acceptors (Lipinski definition) is 2. The number of benzene rings is 2. The molecule has 1 saturated carbocycles. The van der Waals surface area contributed by atoms with Gasteiger partial charge in [0.05, 0.1) is 5.56 Å². The van der Waals surface area contributed by atoms with Gasteiger partial charge in [0.1, 0.15) is 5.75 Å². The van der Waals surface area contributed by atoms with Crippen molar-refractivity contribution in [2.45, 2.75) is 19.8 Å². The summed E-state index contributed by atoms with van der Waals surface area (Å²) in [5, 5.41) is 14.8. The Bertz CT molecular complexity index is 646. The fourth-order valence-electron chi connectivity index (χ4n) is 2.59. The highest BCUT2D eigenvalue weighted by Crippen LogP contribution is 2.36. The van der Waals surface area contributed by atoms with E-state index in [4.69, 9.17) is 0 Å². The number of phenolic OH excluding ortho intramolecular Hbond substituents is 1. The van der Waals surface area contributed by atoms with Gasteiger partial charge in [-0.1, -0.05) is 31.2 Å². The lowest BCUT2D eigenvalue weighted by Crippen LogP contribution is -2.29. The molecule has 3 nitrogen and oxygen atoms in total. The van der Waals surface area contributed by atoms with Crippen molar-refractivity contribution in [3.05, 3.63) is 42.0 Å². The molecule has 1 amide bonds. The summed E-state index contributed by atoms with van der Waals surface area (Å²) in [6.45, 7) is 2.84. The van der Waals surface area contributed by atoms with Gasteiger partial charge in [-0.15, -0.1) is 0 Å². The van der Waals surface area contributed by atoms with Crippen molar-refractivity contribution in [2.75, 3.05) is 6.54 Å². The van der Waals surface area contributed by atoms with Crippen LogP contribution >= 0.6 is 0 Å². The van der Waals surface area contributed by atoms with Crippen molar-refractivity contribution in [1.29, 1.82) is 0 Å². The third kappa shape index (κ3) is 2.62. The third-order valence-corrected chi connectivity index (χ3v) is 4.12. The zero-order valence-electron chi connectivity index (χ0n) is 11.6. The first-order valence-electron chi connectivity index (χ1n) is 7.15. The number of aromatic hydroxyl groups is 1. The standard InChI is InChI=1S/C17H19NO2/c1-11(12-6-7-12)10-18-17(20)15-8-13-4-2-3-5-14(13)9-16(15)19/h2-5,8-9,11-12,19H,6-7,10H2,1H3,(H,18,20). The predicted octanol–water partition coefficient (Wildman–Crippen LogP) is 3.32. The Morgan fingerprint density at radius 3 is 2.60 bits per heavy atom. The molecule has 3 heteroatoms. The molecule has 2 aromatic rings. The van der Waals surface area contributed by atoms with Gasteiger partial charge in [-0.25, -0.2) is 0 Å². The van der Waals surface area contributed by atoms with Crippen LogP contribution in [0.5, 0.6) is 5.75 Å². The minimum absolute atomic E-state index is 0.0419. The maximum absolute atomic E-state index is 12.2. The van der Waals surface area contributed by atoms with Crippen LogP contribution in [-0.2, 0) is 0 Å². The second kappa shape index (κ2) is 5.16. The first-order chi connectivity index (χ1) is 9.65. The van der Waals surface area contributed by atoms with Gasteiger partial charge in [0, 0.05) is 6.54 Å². The first-order valence-corrected chi connectivity index (χ1v) is 7.15. The normalized spacial score (nSPS) is 16.1. The van der Waals surface area contributed by atoms with E-state index in [2.05, 4.69) is 12.2 Å². The monoisotopic (exact) mass is 269 g/mol. The Balaban J connectivity index is 1.77. The largest absolute Gasteiger partial charge is 0.507 e. The Labute approximate surface area is 118 Å². The molecule has 0 aliphatic heterocycles. The predicted molar refractivity (Wildman–Crippen MR) is 79.8 cm³/mol. The van der Waals surface area contributed by atoms with Gasteiger partial charge >= 0.3 is 0 Å². The lowest BCUT2D eigenvalue weighted by atomic mass is 10.0. The maximum atomic E-state index is 12.2. The summed E-state index contributed by atoms with van der Waals surface area (Å²) in [7, 11) is 0. The minimum Gasteiger partial charge on any atom is -0.507 e. The summed E-state index contributed by atoms with van der Waals surface area (Å²) in [4.78, 5) is 12.2. The molecule has 3 rings (SSSR count). The molecule has 0 heterocycles. The Kier molecular flexibility index (Phi) is 3.35. The van der Waals surface area contributed by atoms with Gasteiger partial charge in [0.2, 0.25) is 0 Å². The Hall–Kier alpha value is -2.03. The minimum atomic E-state index is -0.194. The molecule has 0 bridgehead atoms.